The highest BCUT2D eigenvalue weighted by Gasteiger charge is 2.20. The quantitative estimate of drug-likeness (QED) is 0.758. The van der Waals surface area contributed by atoms with Gasteiger partial charge in [0.05, 0.1) is 5.56 Å². The molecule has 2 N–H and O–H groups in total. The molecule has 143 valence electrons. The van der Waals surface area contributed by atoms with Crippen molar-refractivity contribution in [3.8, 4) is 11.1 Å². The van der Waals surface area contributed by atoms with E-state index < -0.39 is 0 Å². The average Bonchev–Trinajstić information content (AvgIpc) is 2.71. The van der Waals surface area contributed by atoms with Crippen LogP contribution in [0.4, 0.5) is 0 Å². The molecule has 1 aliphatic rings. The number of likely N-dealkylation sites (N-methyl/N-ethyl adjacent to an activating group) is 1. The Labute approximate surface area is 166 Å². The first-order chi connectivity index (χ1) is 13.2. The van der Waals surface area contributed by atoms with E-state index in [9.17, 15) is 4.79 Å². The van der Waals surface area contributed by atoms with Crippen molar-refractivity contribution in [2.24, 2.45) is 5.92 Å². The zero-order valence-electron chi connectivity index (χ0n) is 15.6. The number of benzene rings is 2. The molecule has 0 saturated carbocycles. The summed E-state index contributed by atoms with van der Waals surface area (Å²) in [7, 11) is 1.94. The summed E-state index contributed by atoms with van der Waals surface area (Å²) in [5.41, 5.74) is 2.28. The third-order valence-corrected chi connectivity index (χ3v) is 5.24. The fraction of sp³-hybridized carbons (Fsp3) is 0.409. The summed E-state index contributed by atoms with van der Waals surface area (Å²) in [5, 5.41) is 7.02. The topological polar surface area (TPSA) is 50.4 Å². The van der Waals surface area contributed by atoms with E-state index >= 15 is 0 Å². The smallest absolute Gasteiger partial charge is 0.252 e. The Hall–Kier alpha value is -1.88. The number of carbonyl (C=O) groups excluding carboxylic acids is 1. The molecule has 2 atom stereocenters. The lowest BCUT2D eigenvalue weighted by Gasteiger charge is -2.26. The predicted octanol–water partition coefficient (Wildman–Crippen LogP) is 3.94. The minimum absolute atomic E-state index is 0.120. The van der Waals surface area contributed by atoms with Gasteiger partial charge in [0.25, 0.3) is 5.91 Å². The lowest BCUT2D eigenvalue weighted by molar-refractivity contribution is 0.0478. The molecule has 1 fully saturated rings. The number of rotatable bonds is 7. The first kappa shape index (κ1) is 19.9. The molecule has 2 aromatic carbocycles. The molecule has 2 aromatic rings. The molecule has 27 heavy (non-hydrogen) atoms. The van der Waals surface area contributed by atoms with E-state index in [1.54, 1.807) is 6.07 Å². The number of halogens is 1. The van der Waals surface area contributed by atoms with Crippen LogP contribution in [0.3, 0.4) is 0 Å². The molecule has 3 rings (SSSR count). The molecule has 1 heterocycles. The zero-order chi connectivity index (χ0) is 19.1. The summed E-state index contributed by atoms with van der Waals surface area (Å²) in [5.74, 6) is 0.434. The number of amides is 1. The van der Waals surface area contributed by atoms with Gasteiger partial charge in [-0.05, 0) is 61.6 Å². The maximum Gasteiger partial charge on any atom is 0.252 e. The Balaban J connectivity index is 1.65. The maximum atomic E-state index is 12.8. The normalized spacial score (nSPS) is 18.1. The summed E-state index contributed by atoms with van der Waals surface area (Å²) in [6.45, 7) is 2.26. The molecule has 1 aliphatic heterocycles. The van der Waals surface area contributed by atoms with E-state index in [4.69, 9.17) is 16.3 Å². The summed E-state index contributed by atoms with van der Waals surface area (Å²) in [4.78, 5) is 12.8. The van der Waals surface area contributed by atoms with Crippen LogP contribution in [0.15, 0.2) is 42.5 Å². The van der Waals surface area contributed by atoms with Crippen molar-refractivity contribution in [2.75, 3.05) is 26.8 Å². The van der Waals surface area contributed by atoms with Gasteiger partial charge in [-0.3, -0.25) is 4.79 Å². The summed E-state index contributed by atoms with van der Waals surface area (Å²) in [6, 6.07) is 16.4. The highest BCUT2D eigenvalue weighted by Crippen LogP contribution is 2.26. The Morgan fingerprint density at radius 1 is 1.37 bits per heavy atom. The number of carbonyl (C=O) groups is 1. The Kier molecular flexibility index (Phi) is 7.27. The molecule has 1 saturated heterocycles. The van der Waals surface area contributed by atoms with Crippen LogP contribution in [-0.4, -0.2) is 38.8 Å². The van der Waals surface area contributed by atoms with Gasteiger partial charge in [0.15, 0.2) is 0 Å². The highest BCUT2D eigenvalue weighted by molar-refractivity contribution is 6.30. The van der Waals surface area contributed by atoms with Gasteiger partial charge in [0, 0.05) is 30.8 Å². The van der Waals surface area contributed by atoms with Crippen molar-refractivity contribution in [3.05, 3.63) is 59.1 Å². The van der Waals surface area contributed by atoms with Crippen LogP contribution in [0.25, 0.3) is 11.1 Å². The van der Waals surface area contributed by atoms with Gasteiger partial charge in [-0.1, -0.05) is 41.9 Å². The minimum Gasteiger partial charge on any atom is -0.381 e. The molecule has 5 heteroatoms. The SMILES string of the molecule is CN[C@@H](CNC(=O)c1[c]cccc1-c1cccc(Cl)c1)C[C@@H]1CCCOC1. The molecule has 1 radical (unpaired) electrons. The molecular weight excluding hydrogens is 360 g/mol. The van der Waals surface area contributed by atoms with Gasteiger partial charge in [-0.25, -0.2) is 0 Å². The van der Waals surface area contributed by atoms with Crippen molar-refractivity contribution in [3.63, 3.8) is 0 Å². The minimum atomic E-state index is -0.120. The third-order valence-electron chi connectivity index (χ3n) is 5.01. The predicted molar refractivity (Wildman–Crippen MR) is 109 cm³/mol. The number of ether oxygens (including phenoxy) is 1. The van der Waals surface area contributed by atoms with Crippen molar-refractivity contribution in [1.29, 1.82) is 0 Å². The lowest BCUT2D eigenvalue weighted by Crippen LogP contribution is -2.41. The van der Waals surface area contributed by atoms with Crippen LogP contribution in [0.2, 0.25) is 5.02 Å². The number of hydrogen-bond donors (Lipinski definition) is 2. The standard InChI is InChI=1S/C22H26ClN2O2/c1-24-19(12-16-6-5-11-27-15-16)14-25-22(26)21-10-3-2-9-20(21)17-7-4-8-18(23)13-17/h2-4,7-9,13,16,19,24H,5-6,11-12,14-15H2,1H3,(H,25,26)/t16-,19+/m0/s1. The molecule has 0 spiro atoms. The molecule has 1 amide bonds. The van der Waals surface area contributed by atoms with Crippen LogP contribution in [0, 0.1) is 12.0 Å². The number of nitrogens with one attached hydrogen (secondary N) is 2. The fourth-order valence-corrected chi connectivity index (χ4v) is 3.71. The van der Waals surface area contributed by atoms with Crippen LogP contribution in [0.1, 0.15) is 29.6 Å². The van der Waals surface area contributed by atoms with Crippen molar-refractivity contribution >= 4 is 17.5 Å². The van der Waals surface area contributed by atoms with E-state index in [1.165, 1.54) is 6.42 Å². The largest absolute Gasteiger partial charge is 0.381 e. The molecule has 0 aliphatic carbocycles. The van der Waals surface area contributed by atoms with Gasteiger partial charge in [-0.15, -0.1) is 0 Å². The Bertz CT molecular complexity index is 759. The first-order valence-corrected chi connectivity index (χ1v) is 9.85. The second-order valence-corrected chi connectivity index (χ2v) is 7.42. The molecule has 0 bridgehead atoms. The van der Waals surface area contributed by atoms with Crippen molar-refractivity contribution in [2.45, 2.75) is 25.3 Å². The maximum absolute atomic E-state index is 12.8. The van der Waals surface area contributed by atoms with E-state index in [-0.39, 0.29) is 11.9 Å². The van der Waals surface area contributed by atoms with E-state index in [0.717, 1.165) is 37.2 Å². The van der Waals surface area contributed by atoms with Crippen LogP contribution in [0.5, 0.6) is 0 Å². The van der Waals surface area contributed by atoms with Crippen molar-refractivity contribution < 1.29 is 9.53 Å². The first-order valence-electron chi connectivity index (χ1n) is 9.47. The Morgan fingerprint density at radius 2 is 2.26 bits per heavy atom. The molecule has 4 nitrogen and oxygen atoms in total. The molecule has 0 unspecified atom stereocenters. The van der Waals surface area contributed by atoms with Crippen LogP contribution < -0.4 is 10.6 Å². The van der Waals surface area contributed by atoms with Gasteiger partial charge in [0.2, 0.25) is 0 Å². The monoisotopic (exact) mass is 385 g/mol. The number of hydrogen-bond acceptors (Lipinski definition) is 3. The van der Waals surface area contributed by atoms with Crippen LogP contribution >= 0.6 is 11.6 Å². The second-order valence-electron chi connectivity index (χ2n) is 6.98. The molecule has 0 aromatic heterocycles. The van der Waals surface area contributed by atoms with Crippen molar-refractivity contribution in [1.82, 2.24) is 10.6 Å². The second kappa shape index (κ2) is 9.88. The van der Waals surface area contributed by atoms with E-state index in [1.807, 2.05) is 43.4 Å². The summed E-state index contributed by atoms with van der Waals surface area (Å²) < 4.78 is 5.57. The van der Waals surface area contributed by atoms with Gasteiger partial charge in [-0.2, -0.15) is 0 Å². The summed E-state index contributed by atoms with van der Waals surface area (Å²) >= 11 is 6.11. The summed E-state index contributed by atoms with van der Waals surface area (Å²) in [6.07, 6.45) is 3.31. The molecular formula is C22H26ClN2O2. The van der Waals surface area contributed by atoms with Crippen LogP contribution in [-0.2, 0) is 4.74 Å². The fourth-order valence-electron chi connectivity index (χ4n) is 3.52. The van der Waals surface area contributed by atoms with E-state index in [2.05, 4.69) is 16.7 Å². The van der Waals surface area contributed by atoms with Gasteiger partial charge in [0.1, 0.15) is 0 Å². The Morgan fingerprint density at radius 3 is 3.00 bits per heavy atom. The van der Waals surface area contributed by atoms with Gasteiger partial charge < -0.3 is 15.4 Å². The highest BCUT2D eigenvalue weighted by atomic mass is 35.5. The van der Waals surface area contributed by atoms with Gasteiger partial charge >= 0.3 is 0 Å². The third kappa shape index (κ3) is 5.55. The van der Waals surface area contributed by atoms with E-state index in [0.29, 0.717) is 23.0 Å². The average molecular weight is 386 g/mol. The lowest BCUT2D eigenvalue weighted by atomic mass is 9.94. The zero-order valence-corrected chi connectivity index (χ0v) is 16.4.